The van der Waals surface area contributed by atoms with Crippen molar-refractivity contribution in [3.8, 4) is 0 Å². The van der Waals surface area contributed by atoms with Gasteiger partial charge in [-0.15, -0.1) is 0 Å². The summed E-state index contributed by atoms with van der Waals surface area (Å²) in [5.74, 6) is 0.178. The molecule has 2 saturated heterocycles. The second-order valence-electron chi connectivity index (χ2n) is 7.68. The number of carbonyl (C=O) groups is 2. The van der Waals surface area contributed by atoms with E-state index in [0.29, 0.717) is 6.67 Å². The summed E-state index contributed by atoms with van der Waals surface area (Å²) in [5.41, 5.74) is 0.492. The molecule has 0 aromatic carbocycles. The summed E-state index contributed by atoms with van der Waals surface area (Å²) < 4.78 is 0. The van der Waals surface area contributed by atoms with Crippen LogP contribution in [-0.2, 0) is 4.79 Å². The highest BCUT2D eigenvalue weighted by Gasteiger charge is 2.55. The number of imide groups is 1. The molecule has 3 amide bonds. The van der Waals surface area contributed by atoms with Crippen LogP contribution in [0.1, 0.15) is 57.1 Å². The molecule has 3 aliphatic rings. The molecule has 1 saturated carbocycles. The first-order valence-corrected chi connectivity index (χ1v) is 9.40. The Morgan fingerprint density at radius 3 is 2.92 bits per heavy atom. The molecule has 3 fully saturated rings. The number of rotatable bonds is 3. The first kappa shape index (κ1) is 16.5. The summed E-state index contributed by atoms with van der Waals surface area (Å²) in [6.07, 6.45) is 9.69. The first-order chi connectivity index (χ1) is 12.1. The molecule has 3 atom stereocenters. The fourth-order valence-electron chi connectivity index (χ4n) is 4.75. The number of nitrogens with zero attached hydrogens (tertiary/aromatic N) is 3. The van der Waals surface area contributed by atoms with Crippen LogP contribution in [0.5, 0.6) is 0 Å². The van der Waals surface area contributed by atoms with Crippen LogP contribution in [0.25, 0.3) is 0 Å². The number of hydrogen-bond donors (Lipinski definition) is 1. The molecular weight excluding hydrogens is 316 g/mol. The summed E-state index contributed by atoms with van der Waals surface area (Å²) in [5, 5.41) is 3.05. The second-order valence-corrected chi connectivity index (χ2v) is 7.68. The van der Waals surface area contributed by atoms with Crippen molar-refractivity contribution in [3.05, 3.63) is 30.1 Å². The minimum atomic E-state index is -0.668. The van der Waals surface area contributed by atoms with E-state index in [2.05, 4.69) is 28.2 Å². The number of hydrogen-bond acceptors (Lipinski definition) is 4. The molecule has 6 heteroatoms. The van der Waals surface area contributed by atoms with Crippen LogP contribution in [-0.4, -0.2) is 45.5 Å². The second kappa shape index (κ2) is 6.41. The van der Waals surface area contributed by atoms with E-state index in [-0.39, 0.29) is 23.9 Å². The van der Waals surface area contributed by atoms with Gasteiger partial charge < -0.3 is 5.32 Å². The molecule has 0 bridgehead atoms. The van der Waals surface area contributed by atoms with Gasteiger partial charge in [0.2, 0.25) is 0 Å². The molecule has 4 rings (SSSR count). The fourth-order valence-corrected chi connectivity index (χ4v) is 4.75. The third-order valence-corrected chi connectivity index (χ3v) is 6.26. The van der Waals surface area contributed by atoms with Gasteiger partial charge in [0.25, 0.3) is 5.91 Å². The zero-order valence-electron chi connectivity index (χ0n) is 14.8. The smallest absolute Gasteiger partial charge is 0.323 e. The maximum absolute atomic E-state index is 13.1. The van der Waals surface area contributed by atoms with Crippen molar-refractivity contribution >= 4 is 11.9 Å². The molecule has 1 aromatic heterocycles. The van der Waals surface area contributed by atoms with Gasteiger partial charge in [0.15, 0.2) is 0 Å². The number of aromatic nitrogens is 1. The Morgan fingerprint density at radius 2 is 2.16 bits per heavy atom. The average Bonchev–Trinajstić information content (AvgIpc) is 3.18. The topological polar surface area (TPSA) is 65.5 Å². The number of carbonyl (C=O) groups excluding carboxylic acids is 2. The number of amides is 3. The molecule has 1 spiro atoms. The first-order valence-electron chi connectivity index (χ1n) is 9.40. The summed E-state index contributed by atoms with van der Waals surface area (Å²) in [6, 6.07) is 4.02. The van der Waals surface area contributed by atoms with E-state index < -0.39 is 5.54 Å². The van der Waals surface area contributed by atoms with E-state index in [9.17, 15) is 9.59 Å². The molecule has 1 aliphatic carbocycles. The Balaban J connectivity index is 1.52. The van der Waals surface area contributed by atoms with Gasteiger partial charge >= 0.3 is 6.03 Å². The van der Waals surface area contributed by atoms with Crippen molar-refractivity contribution < 1.29 is 9.59 Å². The Bertz CT molecular complexity index is 665. The molecule has 3 heterocycles. The third kappa shape index (κ3) is 2.72. The predicted molar refractivity (Wildman–Crippen MR) is 93.5 cm³/mol. The van der Waals surface area contributed by atoms with E-state index in [1.54, 1.807) is 6.20 Å². The quantitative estimate of drug-likeness (QED) is 0.858. The van der Waals surface area contributed by atoms with Crippen LogP contribution in [0.3, 0.4) is 0 Å². The van der Waals surface area contributed by atoms with Gasteiger partial charge in [-0.2, -0.15) is 0 Å². The van der Waals surface area contributed by atoms with Crippen molar-refractivity contribution in [2.75, 3.05) is 13.2 Å². The predicted octanol–water partition coefficient (Wildman–Crippen LogP) is 2.68. The van der Waals surface area contributed by atoms with Gasteiger partial charge in [-0.3, -0.25) is 14.7 Å². The van der Waals surface area contributed by atoms with E-state index in [1.165, 1.54) is 4.90 Å². The Labute approximate surface area is 148 Å². The number of likely N-dealkylation sites (tertiary alicyclic amines) is 1. The zero-order chi connectivity index (χ0) is 17.4. The largest absolute Gasteiger partial charge is 0.326 e. The van der Waals surface area contributed by atoms with Crippen LogP contribution in [0.4, 0.5) is 4.79 Å². The van der Waals surface area contributed by atoms with Gasteiger partial charge in [0.05, 0.1) is 6.67 Å². The van der Waals surface area contributed by atoms with Crippen LogP contribution in [0, 0.1) is 5.92 Å². The third-order valence-electron chi connectivity index (χ3n) is 6.26. The average molecular weight is 342 g/mol. The normalized spacial score (nSPS) is 33.2. The molecule has 6 nitrogen and oxygen atoms in total. The highest BCUT2D eigenvalue weighted by atomic mass is 16.2. The van der Waals surface area contributed by atoms with E-state index in [4.69, 9.17) is 0 Å². The van der Waals surface area contributed by atoms with Gasteiger partial charge in [0, 0.05) is 25.0 Å². The van der Waals surface area contributed by atoms with Crippen molar-refractivity contribution in [1.29, 1.82) is 0 Å². The van der Waals surface area contributed by atoms with Gasteiger partial charge in [-0.1, -0.05) is 25.8 Å². The standard InChI is InChI=1S/C19H26N4O2/c1-14-6-2-3-9-19(14)17(24)23(18(25)21-19)13-22-11-5-8-16(22)15-7-4-10-20-12-15/h4,7,10,12,14,16H,2-3,5-6,8-9,11,13H2,1H3,(H,21,25). The van der Waals surface area contributed by atoms with Gasteiger partial charge in [-0.25, -0.2) is 9.69 Å². The number of nitrogens with one attached hydrogen (secondary N) is 1. The summed E-state index contributed by atoms with van der Waals surface area (Å²) in [6.45, 7) is 3.37. The molecule has 1 N–H and O–H groups in total. The molecular formula is C19H26N4O2. The fraction of sp³-hybridized carbons (Fsp3) is 0.632. The maximum atomic E-state index is 13.1. The molecule has 1 aromatic rings. The Hall–Kier alpha value is -1.95. The highest BCUT2D eigenvalue weighted by molar-refractivity contribution is 6.07. The van der Waals surface area contributed by atoms with E-state index in [1.807, 2.05) is 12.3 Å². The van der Waals surface area contributed by atoms with E-state index >= 15 is 0 Å². The van der Waals surface area contributed by atoms with Gasteiger partial charge in [-0.05, 0) is 43.2 Å². The lowest BCUT2D eigenvalue weighted by molar-refractivity contribution is -0.135. The lowest BCUT2D eigenvalue weighted by Gasteiger charge is -2.37. The lowest BCUT2D eigenvalue weighted by Crippen LogP contribution is -2.54. The van der Waals surface area contributed by atoms with Crippen molar-refractivity contribution in [2.45, 2.75) is 57.0 Å². The molecule has 25 heavy (non-hydrogen) atoms. The maximum Gasteiger partial charge on any atom is 0.326 e. The van der Waals surface area contributed by atoms with Crippen LogP contribution >= 0.6 is 0 Å². The summed E-state index contributed by atoms with van der Waals surface area (Å²) >= 11 is 0. The zero-order valence-corrected chi connectivity index (χ0v) is 14.8. The minimum absolute atomic E-state index is 0.0264. The number of urea groups is 1. The molecule has 2 aliphatic heterocycles. The Morgan fingerprint density at radius 1 is 1.28 bits per heavy atom. The summed E-state index contributed by atoms with van der Waals surface area (Å²) in [4.78, 5) is 33.6. The number of pyridine rings is 1. The van der Waals surface area contributed by atoms with Crippen molar-refractivity contribution in [2.24, 2.45) is 5.92 Å². The van der Waals surface area contributed by atoms with Crippen LogP contribution in [0.15, 0.2) is 24.5 Å². The van der Waals surface area contributed by atoms with Gasteiger partial charge in [0.1, 0.15) is 5.54 Å². The lowest BCUT2D eigenvalue weighted by atomic mass is 9.73. The monoisotopic (exact) mass is 342 g/mol. The summed E-state index contributed by atoms with van der Waals surface area (Å²) in [7, 11) is 0. The van der Waals surface area contributed by atoms with E-state index in [0.717, 1.165) is 50.6 Å². The van der Waals surface area contributed by atoms with Crippen molar-refractivity contribution in [1.82, 2.24) is 20.1 Å². The van der Waals surface area contributed by atoms with Crippen LogP contribution in [0.2, 0.25) is 0 Å². The molecule has 3 unspecified atom stereocenters. The van der Waals surface area contributed by atoms with Crippen LogP contribution < -0.4 is 5.32 Å². The Kier molecular flexibility index (Phi) is 4.23. The molecule has 0 radical (unpaired) electrons. The highest BCUT2D eigenvalue weighted by Crippen LogP contribution is 2.39. The van der Waals surface area contributed by atoms with Crippen molar-refractivity contribution in [3.63, 3.8) is 0 Å². The molecule has 134 valence electrons. The SMILES string of the molecule is CC1CCCCC12NC(=O)N(CN1CCCC1c1cccnc1)C2=O. The minimum Gasteiger partial charge on any atom is -0.323 e.